The van der Waals surface area contributed by atoms with Crippen LogP contribution >= 0.6 is 0 Å². The van der Waals surface area contributed by atoms with Crippen LogP contribution in [0.5, 0.6) is 0 Å². The van der Waals surface area contributed by atoms with Gasteiger partial charge in [-0.25, -0.2) is 18.0 Å². The molecule has 0 amide bonds. The van der Waals surface area contributed by atoms with Gasteiger partial charge in [0.05, 0.1) is 28.4 Å². The third kappa shape index (κ3) is 3.52. The Morgan fingerprint density at radius 2 is 1.88 bits per heavy atom. The van der Waals surface area contributed by atoms with Crippen molar-refractivity contribution in [3.05, 3.63) is 69.3 Å². The summed E-state index contributed by atoms with van der Waals surface area (Å²) < 4.78 is 44.5. The quantitative estimate of drug-likeness (QED) is 0.642. The number of carboxylic acid groups (broad SMARTS) is 1. The van der Waals surface area contributed by atoms with Crippen molar-refractivity contribution in [2.24, 2.45) is 5.92 Å². The molecule has 0 radical (unpaired) electrons. The lowest BCUT2D eigenvalue weighted by Crippen LogP contribution is -2.42. The van der Waals surface area contributed by atoms with Crippen LogP contribution in [0, 0.1) is 30.3 Å². The summed E-state index contributed by atoms with van der Waals surface area (Å²) >= 11 is 0. The van der Waals surface area contributed by atoms with Crippen LogP contribution in [-0.4, -0.2) is 39.9 Å². The monoisotopic (exact) mass is 446 g/mol. The van der Waals surface area contributed by atoms with Crippen molar-refractivity contribution in [1.29, 1.82) is 0 Å². The maximum absolute atomic E-state index is 15.2. The number of halogens is 3. The van der Waals surface area contributed by atoms with Crippen LogP contribution < -0.4 is 10.3 Å². The lowest BCUT2D eigenvalue weighted by Gasteiger charge is -2.37. The molecule has 6 nitrogen and oxygen atoms in total. The SMILES string of the molecule is Cc1c(N2CC[C@H](O)[C@@H](C)C2)c(F)cc2c(=O)c(C(=O)O)cn(-c3ccc(F)cc3F)c12. The molecular formula is C23H21F3N2O4. The Balaban J connectivity index is 2.07. The van der Waals surface area contributed by atoms with Crippen LogP contribution in [0.4, 0.5) is 18.9 Å². The van der Waals surface area contributed by atoms with E-state index in [2.05, 4.69) is 0 Å². The van der Waals surface area contributed by atoms with Gasteiger partial charge in [-0.3, -0.25) is 4.79 Å². The number of carbonyl (C=O) groups is 1. The fourth-order valence-corrected chi connectivity index (χ4v) is 4.38. The molecule has 0 spiro atoms. The molecule has 168 valence electrons. The van der Waals surface area contributed by atoms with Crippen LogP contribution in [0.25, 0.3) is 16.6 Å². The normalized spacial score (nSPS) is 18.9. The molecular weight excluding hydrogens is 425 g/mol. The highest BCUT2D eigenvalue weighted by Gasteiger charge is 2.29. The molecule has 2 aromatic carbocycles. The van der Waals surface area contributed by atoms with Crippen molar-refractivity contribution in [3.63, 3.8) is 0 Å². The molecule has 2 atom stereocenters. The number of benzene rings is 2. The highest BCUT2D eigenvalue weighted by Crippen LogP contribution is 2.35. The molecule has 1 aliphatic heterocycles. The maximum atomic E-state index is 15.2. The number of nitrogens with zero attached hydrogens (tertiary/aromatic N) is 2. The van der Waals surface area contributed by atoms with Gasteiger partial charge in [0.2, 0.25) is 5.43 Å². The Morgan fingerprint density at radius 3 is 2.50 bits per heavy atom. The molecule has 32 heavy (non-hydrogen) atoms. The summed E-state index contributed by atoms with van der Waals surface area (Å²) in [7, 11) is 0. The topological polar surface area (TPSA) is 82.8 Å². The lowest BCUT2D eigenvalue weighted by molar-refractivity contribution is 0.0695. The number of aliphatic hydroxyl groups is 1. The number of hydrogen-bond donors (Lipinski definition) is 2. The molecule has 2 heterocycles. The summed E-state index contributed by atoms with van der Waals surface area (Å²) in [6, 6.07) is 3.74. The first-order chi connectivity index (χ1) is 15.1. The number of aryl methyl sites for hydroxylation is 1. The van der Waals surface area contributed by atoms with Crippen molar-refractivity contribution in [1.82, 2.24) is 4.57 Å². The van der Waals surface area contributed by atoms with Crippen LogP contribution in [-0.2, 0) is 0 Å². The van der Waals surface area contributed by atoms with E-state index in [-0.39, 0.29) is 28.2 Å². The van der Waals surface area contributed by atoms with Gasteiger partial charge in [0, 0.05) is 30.9 Å². The summed E-state index contributed by atoms with van der Waals surface area (Å²) in [4.78, 5) is 26.2. The number of fused-ring (bicyclic) bond motifs is 1. The van der Waals surface area contributed by atoms with Crippen molar-refractivity contribution >= 4 is 22.6 Å². The summed E-state index contributed by atoms with van der Waals surface area (Å²) in [5.41, 5.74) is -1.12. The van der Waals surface area contributed by atoms with E-state index in [1.165, 1.54) is 0 Å². The van der Waals surface area contributed by atoms with Crippen LogP contribution in [0.15, 0.2) is 35.3 Å². The number of rotatable bonds is 3. The summed E-state index contributed by atoms with van der Waals surface area (Å²) in [5.74, 6) is -4.17. The van der Waals surface area contributed by atoms with E-state index in [1.807, 2.05) is 6.92 Å². The second-order valence-electron chi connectivity index (χ2n) is 8.15. The third-order valence-corrected chi connectivity index (χ3v) is 6.03. The second-order valence-corrected chi connectivity index (χ2v) is 8.15. The van der Waals surface area contributed by atoms with Crippen LogP contribution in [0.2, 0.25) is 0 Å². The van der Waals surface area contributed by atoms with E-state index in [4.69, 9.17) is 0 Å². The van der Waals surface area contributed by atoms with Gasteiger partial charge < -0.3 is 19.7 Å². The first kappa shape index (κ1) is 21.9. The Morgan fingerprint density at radius 1 is 1.16 bits per heavy atom. The molecule has 1 saturated heterocycles. The fourth-order valence-electron chi connectivity index (χ4n) is 4.38. The molecule has 0 unspecified atom stereocenters. The molecule has 1 aliphatic rings. The van der Waals surface area contributed by atoms with Crippen LogP contribution in [0.3, 0.4) is 0 Å². The Bertz CT molecular complexity index is 1300. The highest BCUT2D eigenvalue weighted by atomic mass is 19.1. The van der Waals surface area contributed by atoms with E-state index >= 15 is 4.39 Å². The Hall–Kier alpha value is -3.33. The molecule has 3 aromatic rings. The zero-order chi connectivity index (χ0) is 23.3. The van der Waals surface area contributed by atoms with E-state index < -0.39 is 40.5 Å². The molecule has 0 saturated carbocycles. The van der Waals surface area contributed by atoms with Gasteiger partial charge >= 0.3 is 5.97 Å². The van der Waals surface area contributed by atoms with E-state index in [1.54, 1.807) is 11.8 Å². The van der Waals surface area contributed by atoms with Gasteiger partial charge in [-0.05, 0) is 37.5 Å². The number of carboxylic acids is 1. The zero-order valence-corrected chi connectivity index (χ0v) is 17.4. The number of aromatic nitrogens is 1. The van der Waals surface area contributed by atoms with Crippen molar-refractivity contribution in [2.45, 2.75) is 26.4 Å². The Labute approximate surface area is 181 Å². The average Bonchev–Trinajstić information content (AvgIpc) is 2.71. The highest BCUT2D eigenvalue weighted by molar-refractivity contribution is 5.96. The predicted octanol–water partition coefficient (Wildman–Crippen LogP) is 3.62. The summed E-state index contributed by atoms with van der Waals surface area (Å²) in [6.45, 7) is 4.15. The van der Waals surface area contributed by atoms with E-state index in [0.29, 0.717) is 31.1 Å². The molecule has 2 N–H and O–H groups in total. The first-order valence-corrected chi connectivity index (χ1v) is 10.1. The zero-order valence-electron chi connectivity index (χ0n) is 17.4. The fraction of sp³-hybridized carbons (Fsp3) is 0.304. The molecule has 1 fully saturated rings. The van der Waals surface area contributed by atoms with E-state index in [9.17, 15) is 28.6 Å². The van der Waals surface area contributed by atoms with Gasteiger partial charge in [0.15, 0.2) is 0 Å². The molecule has 4 rings (SSSR count). The van der Waals surface area contributed by atoms with Crippen molar-refractivity contribution < 1.29 is 28.2 Å². The van der Waals surface area contributed by atoms with Gasteiger partial charge in [0.25, 0.3) is 0 Å². The third-order valence-electron chi connectivity index (χ3n) is 6.03. The Kier molecular flexibility index (Phi) is 5.46. The lowest BCUT2D eigenvalue weighted by atomic mass is 9.95. The minimum atomic E-state index is -1.55. The van der Waals surface area contributed by atoms with Crippen molar-refractivity contribution in [2.75, 3.05) is 18.0 Å². The standard InChI is InChI=1S/C23H21F3N2O4/c1-11-9-27(6-5-19(11)29)21-12(2)20-14(8-17(21)26)22(30)15(23(31)32)10-28(20)18-4-3-13(24)7-16(18)25/h3-4,7-8,10-11,19,29H,5-6,9H2,1-2H3,(H,31,32)/t11-,19-/m0/s1. The van der Waals surface area contributed by atoms with Gasteiger partial charge in [-0.2, -0.15) is 0 Å². The second kappa shape index (κ2) is 7.98. The largest absolute Gasteiger partial charge is 0.477 e. The molecule has 0 aliphatic carbocycles. The average molecular weight is 446 g/mol. The van der Waals surface area contributed by atoms with Crippen LogP contribution in [0.1, 0.15) is 29.3 Å². The minimum Gasteiger partial charge on any atom is -0.477 e. The summed E-state index contributed by atoms with van der Waals surface area (Å²) in [5, 5.41) is 19.3. The summed E-state index contributed by atoms with van der Waals surface area (Å²) in [6.07, 6.45) is 0.885. The molecule has 9 heteroatoms. The number of pyridine rings is 1. The van der Waals surface area contributed by atoms with E-state index in [0.717, 1.165) is 29.0 Å². The van der Waals surface area contributed by atoms with Gasteiger partial charge in [-0.15, -0.1) is 0 Å². The number of aliphatic hydroxyl groups excluding tert-OH is 1. The predicted molar refractivity (Wildman–Crippen MR) is 113 cm³/mol. The van der Waals surface area contributed by atoms with Gasteiger partial charge in [-0.1, -0.05) is 6.92 Å². The number of anilines is 1. The first-order valence-electron chi connectivity index (χ1n) is 10.1. The number of aromatic carboxylic acids is 1. The number of piperidine rings is 1. The molecule has 1 aromatic heterocycles. The minimum absolute atomic E-state index is 0.121. The smallest absolute Gasteiger partial charge is 0.341 e. The number of hydrogen-bond acceptors (Lipinski definition) is 4. The molecule has 0 bridgehead atoms. The maximum Gasteiger partial charge on any atom is 0.341 e. The van der Waals surface area contributed by atoms with Gasteiger partial charge in [0.1, 0.15) is 23.0 Å². The van der Waals surface area contributed by atoms with Crippen molar-refractivity contribution in [3.8, 4) is 5.69 Å².